The van der Waals surface area contributed by atoms with E-state index >= 15 is 0 Å². The standard InChI is InChI=1S/C11H18ClN3O.ClH/c1-5-15-10(16)9(6-7-12)8(2)13-11(15)14(3)4;/h5-7H2,1-4H3;1H. The van der Waals surface area contributed by atoms with Crippen molar-refractivity contribution in [2.24, 2.45) is 0 Å². The van der Waals surface area contributed by atoms with E-state index in [1.54, 1.807) is 4.57 Å². The van der Waals surface area contributed by atoms with Crippen molar-refractivity contribution in [3.8, 4) is 0 Å². The summed E-state index contributed by atoms with van der Waals surface area (Å²) in [5.41, 5.74) is 1.53. The van der Waals surface area contributed by atoms with Crippen molar-refractivity contribution in [2.45, 2.75) is 26.8 Å². The Morgan fingerprint density at radius 2 is 2.00 bits per heavy atom. The Morgan fingerprint density at radius 1 is 1.41 bits per heavy atom. The van der Waals surface area contributed by atoms with Crippen LogP contribution in [0.1, 0.15) is 18.2 Å². The van der Waals surface area contributed by atoms with E-state index in [2.05, 4.69) is 4.98 Å². The summed E-state index contributed by atoms with van der Waals surface area (Å²) in [4.78, 5) is 18.5. The molecular weight excluding hydrogens is 261 g/mol. The van der Waals surface area contributed by atoms with Crippen LogP contribution in [0.5, 0.6) is 0 Å². The summed E-state index contributed by atoms with van der Waals surface area (Å²) in [6, 6.07) is 0. The minimum Gasteiger partial charge on any atom is -0.348 e. The van der Waals surface area contributed by atoms with E-state index < -0.39 is 0 Å². The molecule has 0 spiro atoms. The lowest BCUT2D eigenvalue weighted by Crippen LogP contribution is -2.31. The molecule has 0 saturated heterocycles. The average Bonchev–Trinajstić information content (AvgIpc) is 2.23. The molecule has 0 aliphatic carbocycles. The molecule has 0 saturated carbocycles. The molecule has 0 atom stereocenters. The lowest BCUT2D eigenvalue weighted by atomic mass is 10.2. The third kappa shape index (κ3) is 3.36. The molecule has 0 aliphatic heterocycles. The second kappa shape index (κ2) is 6.87. The number of hydrogen-bond acceptors (Lipinski definition) is 3. The highest BCUT2D eigenvalue weighted by atomic mass is 35.5. The molecule has 0 N–H and O–H groups in total. The Balaban J connectivity index is 0.00000256. The zero-order valence-electron chi connectivity index (χ0n) is 10.7. The number of nitrogens with zero attached hydrogens (tertiary/aromatic N) is 3. The fourth-order valence-corrected chi connectivity index (χ4v) is 1.88. The van der Waals surface area contributed by atoms with Gasteiger partial charge in [0.15, 0.2) is 0 Å². The van der Waals surface area contributed by atoms with Gasteiger partial charge in [-0.05, 0) is 20.3 Å². The zero-order chi connectivity index (χ0) is 12.3. The molecular formula is C11H19Cl2N3O. The minimum atomic E-state index is 0. The summed E-state index contributed by atoms with van der Waals surface area (Å²) >= 11 is 5.69. The third-order valence-corrected chi connectivity index (χ3v) is 2.70. The molecule has 0 fully saturated rings. The minimum absolute atomic E-state index is 0. The summed E-state index contributed by atoms with van der Waals surface area (Å²) in [7, 11) is 3.77. The fourth-order valence-electron chi connectivity index (χ4n) is 1.70. The van der Waals surface area contributed by atoms with E-state index in [1.165, 1.54) is 0 Å². The topological polar surface area (TPSA) is 38.1 Å². The van der Waals surface area contributed by atoms with Crippen molar-refractivity contribution >= 4 is 30.0 Å². The molecule has 98 valence electrons. The molecule has 0 radical (unpaired) electrons. The molecule has 1 aromatic rings. The maximum Gasteiger partial charge on any atom is 0.258 e. The number of halogens is 2. The van der Waals surface area contributed by atoms with Crippen molar-refractivity contribution in [2.75, 3.05) is 24.9 Å². The molecule has 6 heteroatoms. The van der Waals surface area contributed by atoms with Gasteiger partial charge in [0.1, 0.15) is 0 Å². The van der Waals surface area contributed by atoms with Gasteiger partial charge in [0.05, 0.1) is 0 Å². The molecule has 1 heterocycles. The second-order valence-electron chi connectivity index (χ2n) is 3.86. The molecule has 1 rings (SSSR count). The Hall–Kier alpha value is -0.740. The molecule has 4 nitrogen and oxygen atoms in total. The van der Waals surface area contributed by atoms with E-state index in [0.717, 1.165) is 11.3 Å². The van der Waals surface area contributed by atoms with Crippen molar-refractivity contribution in [3.63, 3.8) is 0 Å². The molecule has 0 aliphatic rings. The van der Waals surface area contributed by atoms with Crippen molar-refractivity contribution in [1.82, 2.24) is 9.55 Å². The van der Waals surface area contributed by atoms with E-state index in [4.69, 9.17) is 11.6 Å². The van der Waals surface area contributed by atoms with Crippen LogP contribution in [-0.2, 0) is 13.0 Å². The highest BCUT2D eigenvalue weighted by Crippen LogP contribution is 2.10. The SMILES string of the molecule is CCn1c(N(C)C)nc(C)c(CCCl)c1=O.Cl. The Bertz CT molecular complexity index is 429. The average molecular weight is 280 g/mol. The van der Waals surface area contributed by atoms with Gasteiger partial charge in [-0.1, -0.05) is 0 Å². The normalized spacial score (nSPS) is 9.94. The first-order chi connectivity index (χ1) is 7.52. The van der Waals surface area contributed by atoms with Crippen molar-refractivity contribution < 1.29 is 0 Å². The number of rotatable bonds is 4. The molecule has 0 amide bonds. The summed E-state index contributed by atoms with van der Waals surface area (Å²) in [5, 5.41) is 0. The van der Waals surface area contributed by atoms with E-state index in [-0.39, 0.29) is 18.0 Å². The molecule has 0 aromatic carbocycles. The first-order valence-corrected chi connectivity index (χ1v) is 5.90. The van der Waals surface area contributed by atoms with Gasteiger partial charge >= 0.3 is 0 Å². The van der Waals surface area contributed by atoms with E-state index in [0.29, 0.717) is 24.8 Å². The van der Waals surface area contributed by atoms with Crippen LogP contribution in [0.4, 0.5) is 5.95 Å². The fraction of sp³-hybridized carbons (Fsp3) is 0.636. The van der Waals surface area contributed by atoms with Crippen LogP contribution >= 0.6 is 24.0 Å². The van der Waals surface area contributed by atoms with Gasteiger partial charge in [0.2, 0.25) is 5.95 Å². The predicted molar refractivity (Wildman–Crippen MR) is 74.9 cm³/mol. The van der Waals surface area contributed by atoms with Gasteiger partial charge < -0.3 is 4.90 Å². The number of hydrogen-bond donors (Lipinski definition) is 0. The van der Waals surface area contributed by atoms with Gasteiger partial charge in [-0.3, -0.25) is 9.36 Å². The number of anilines is 1. The molecule has 17 heavy (non-hydrogen) atoms. The lowest BCUT2D eigenvalue weighted by Gasteiger charge is -2.19. The van der Waals surface area contributed by atoms with Crippen LogP contribution in [-0.4, -0.2) is 29.5 Å². The van der Waals surface area contributed by atoms with Gasteiger partial charge in [0, 0.05) is 37.8 Å². The predicted octanol–water partition coefficient (Wildman–Crippen LogP) is 1.84. The molecule has 1 aromatic heterocycles. The highest BCUT2D eigenvalue weighted by molar-refractivity contribution is 6.17. The summed E-state index contributed by atoms with van der Waals surface area (Å²) in [6.07, 6.45) is 0.576. The Morgan fingerprint density at radius 3 is 2.41 bits per heavy atom. The van der Waals surface area contributed by atoms with Crippen molar-refractivity contribution in [1.29, 1.82) is 0 Å². The highest BCUT2D eigenvalue weighted by Gasteiger charge is 2.13. The van der Waals surface area contributed by atoms with E-state index in [1.807, 2.05) is 32.8 Å². The van der Waals surface area contributed by atoms with Crippen LogP contribution < -0.4 is 10.5 Å². The first-order valence-electron chi connectivity index (χ1n) is 5.36. The molecule has 0 unspecified atom stereocenters. The van der Waals surface area contributed by atoms with Crippen LogP contribution in [0.2, 0.25) is 0 Å². The Labute approximate surface area is 113 Å². The van der Waals surface area contributed by atoms with Gasteiger partial charge in [-0.2, -0.15) is 0 Å². The summed E-state index contributed by atoms with van der Waals surface area (Å²) < 4.78 is 1.68. The van der Waals surface area contributed by atoms with Gasteiger partial charge in [0.25, 0.3) is 5.56 Å². The summed E-state index contributed by atoms with van der Waals surface area (Å²) in [5.74, 6) is 1.14. The van der Waals surface area contributed by atoms with Crippen LogP contribution in [0.3, 0.4) is 0 Å². The van der Waals surface area contributed by atoms with Crippen molar-refractivity contribution in [3.05, 3.63) is 21.6 Å². The van der Waals surface area contributed by atoms with Gasteiger partial charge in [-0.25, -0.2) is 4.98 Å². The second-order valence-corrected chi connectivity index (χ2v) is 4.24. The number of aryl methyl sites for hydroxylation is 1. The monoisotopic (exact) mass is 279 g/mol. The van der Waals surface area contributed by atoms with E-state index in [9.17, 15) is 4.79 Å². The third-order valence-electron chi connectivity index (χ3n) is 2.51. The van der Waals surface area contributed by atoms with Crippen LogP contribution in [0, 0.1) is 6.92 Å². The maximum atomic E-state index is 12.2. The van der Waals surface area contributed by atoms with Gasteiger partial charge in [-0.15, -0.1) is 24.0 Å². The quantitative estimate of drug-likeness (QED) is 0.790. The largest absolute Gasteiger partial charge is 0.348 e. The lowest BCUT2D eigenvalue weighted by molar-refractivity contribution is 0.679. The number of alkyl halides is 1. The van der Waals surface area contributed by atoms with Crippen LogP contribution in [0.25, 0.3) is 0 Å². The van der Waals surface area contributed by atoms with Crippen LogP contribution in [0.15, 0.2) is 4.79 Å². The summed E-state index contributed by atoms with van der Waals surface area (Å²) in [6.45, 7) is 4.42. The smallest absolute Gasteiger partial charge is 0.258 e. The zero-order valence-corrected chi connectivity index (χ0v) is 12.2. The first kappa shape index (κ1) is 16.3. The number of aromatic nitrogens is 2. The maximum absolute atomic E-state index is 12.2. The Kier molecular flexibility index (Phi) is 6.57. The molecule has 0 bridgehead atoms.